The zero-order valence-corrected chi connectivity index (χ0v) is 14.8. The number of ether oxygens (including phenoxy) is 1. The number of allylic oxidation sites excluding steroid dienone is 1. The lowest BCUT2D eigenvalue weighted by Crippen LogP contribution is -2.41. The Bertz CT molecular complexity index is 1150. The van der Waals surface area contributed by atoms with Gasteiger partial charge in [-0.25, -0.2) is 0 Å². The number of Topliss-reactive ketones (excluding diaryl/α,β-unsaturated/α-hetero) is 1. The number of hydrogen-bond acceptors (Lipinski definition) is 2. The Morgan fingerprint density at radius 3 is 2.62 bits per heavy atom. The fourth-order valence-electron chi connectivity index (χ4n) is 5.18. The van der Waals surface area contributed by atoms with Gasteiger partial charge >= 0.3 is 0 Å². The Labute approximate surface area is 151 Å². The van der Waals surface area contributed by atoms with Gasteiger partial charge in [-0.1, -0.05) is 42.5 Å². The molecule has 3 heteroatoms. The number of fused-ring (bicyclic) bond motifs is 8. The first kappa shape index (κ1) is 14.4. The molecule has 3 nitrogen and oxygen atoms in total. The number of carbonyl (C=O) groups is 1. The first-order chi connectivity index (χ1) is 12.6. The van der Waals surface area contributed by atoms with Crippen LogP contribution in [0.25, 0.3) is 16.7 Å². The Kier molecular flexibility index (Phi) is 2.47. The molecule has 0 saturated heterocycles. The molecule has 0 unspecified atom stereocenters. The number of nitrogens with zero attached hydrogens (tertiary/aromatic N) is 1. The van der Waals surface area contributed by atoms with E-state index in [4.69, 9.17) is 4.74 Å². The molecule has 26 heavy (non-hydrogen) atoms. The molecule has 3 heterocycles. The van der Waals surface area contributed by atoms with E-state index in [1.54, 1.807) is 0 Å². The van der Waals surface area contributed by atoms with E-state index in [0.717, 1.165) is 29.0 Å². The van der Waals surface area contributed by atoms with Gasteiger partial charge in [0.05, 0.1) is 5.57 Å². The number of para-hydroxylation sites is 1. The molecule has 0 radical (unpaired) electrons. The number of benzene rings is 2. The van der Waals surface area contributed by atoms with E-state index in [1.807, 2.05) is 24.3 Å². The molecule has 0 amide bonds. The molecule has 2 aromatic carbocycles. The van der Waals surface area contributed by atoms with E-state index < -0.39 is 0 Å². The average Bonchev–Trinajstić information content (AvgIpc) is 3.25. The molecule has 0 saturated carbocycles. The number of ketones is 1. The van der Waals surface area contributed by atoms with Crippen LogP contribution in [0, 0.1) is 5.92 Å². The van der Waals surface area contributed by atoms with Gasteiger partial charge in [0.15, 0.2) is 5.78 Å². The summed E-state index contributed by atoms with van der Waals surface area (Å²) in [6.45, 7) is 5.21. The fraction of sp³-hybridized carbons (Fsp3) is 0.261. The van der Waals surface area contributed by atoms with E-state index in [-0.39, 0.29) is 23.2 Å². The molecule has 0 N–H and O–H groups in total. The first-order valence-electron chi connectivity index (χ1n) is 9.22. The second-order valence-corrected chi connectivity index (χ2v) is 8.15. The number of aromatic nitrogens is 1. The summed E-state index contributed by atoms with van der Waals surface area (Å²) in [7, 11) is 0. The molecule has 3 aromatic rings. The Hall–Kier alpha value is -2.81. The largest absolute Gasteiger partial charge is 0.486 e. The summed E-state index contributed by atoms with van der Waals surface area (Å²) in [6, 6.07) is 18.6. The Balaban J connectivity index is 1.64. The minimum Gasteiger partial charge on any atom is -0.486 e. The number of hydrogen-bond donors (Lipinski definition) is 0. The third-order valence-corrected chi connectivity index (χ3v) is 6.42. The zero-order chi connectivity index (χ0) is 17.6. The highest BCUT2D eigenvalue weighted by atomic mass is 16.5. The minimum absolute atomic E-state index is 0.0982. The van der Waals surface area contributed by atoms with Crippen molar-refractivity contribution in [3.8, 4) is 0 Å². The molecular weight excluding hydrogens is 322 g/mol. The topological polar surface area (TPSA) is 31.2 Å². The van der Waals surface area contributed by atoms with Crippen molar-refractivity contribution in [1.82, 2.24) is 4.57 Å². The fourth-order valence-corrected chi connectivity index (χ4v) is 5.18. The number of rotatable bonds is 0. The van der Waals surface area contributed by atoms with Crippen molar-refractivity contribution < 1.29 is 9.53 Å². The lowest BCUT2D eigenvalue weighted by molar-refractivity contribution is -0.00248. The van der Waals surface area contributed by atoms with Crippen molar-refractivity contribution in [2.24, 2.45) is 5.92 Å². The molecule has 128 valence electrons. The molecule has 1 aromatic heterocycles. The maximum Gasteiger partial charge on any atom is 0.194 e. The van der Waals surface area contributed by atoms with Crippen LogP contribution < -0.4 is 0 Å². The summed E-state index contributed by atoms with van der Waals surface area (Å²) in [6.07, 6.45) is 0. The number of carbonyl (C=O) groups excluding carboxylic acids is 1. The summed E-state index contributed by atoms with van der Waals surface area (Å²) in [5.41, 5.74) is 4.77. The zero-order valence-electron chi connectivity index (χ0n) is 14.8. The molecule has 0 bridgehead atoms. The van der Waals surface area contributed by atoms with Gasteiger partial charge in [-0.05, 0) is 31.4 Å². The van der Waals surface area contributed by atoms with Crippen molar-refractivity contribution in [2.45, 2.75) is 31.9 Å². The standard InChI is InChI=1S/C23H19NO2/c1-23(2)16-12-24-17-10-6-3-7-13(17)11-18(24)19(16)20-21(25)14-8-4-5-9-15(14)22(20)26-23/h3-11,16,19H,12H2,1-2H3/t16-,19+/m1/s1. The molecule has 1 aliphatic carbocycles. The van der Waals surface area contributed by atoms with Crippen LogP contribution in [0.3, 0.4) is 0 Å². The van der Waals surface area contributed by atoms with Crippen LogP contribution in [0.1, 0.15) is 41.4 Å². The van der Waals surface area contributed by atoms with Gasteiger partial charge in [0, 0.05) is 40.7 Å². The van der Waals surface area contributed by atoms with Gasteiger partial charge in [0.25, 0.3) is 0 Å². The van der Waals surface area contributed by atoms with Crippen molar-refractivity contribution in [3.05, 3.63) is 77.0 Å². The summed E-state index contributed by atoms with van der Waals surface area (Å²) in [4.78, 5) is 13.3. The van der Waals surface area contributed by atoms with Crippen LogP contribution in [0.15, 0.2) is 60.2 Å². The van der Waals surface area contributed by atoms with Crippen LogP contribution in [0.4, 0.5) is 0 Å². The molecule has 2 aliphatic heterocycles. The van der Waals surface area contributed by atoms with Gasteiger partial charge in [-0.2, -0.15) is 0 Å². The monoisotopic (exact) mass is 341 g/mol. The molecular formula is C23H19NO2. The quantitative estimate of drug-likeness (QED) is 0.590. The smallest absolute Gasteiger partial charge is 0.194 e. The van der Waals surface area contributed by atoms with E-state index in [0.29, 0.717) is 0 Å². The molecule has 6 rings (SSSR count). The van der Waals surface area contributed by atoms with Crippen LogP contribution in [-0.4, -0.2) is 16.0 Å². The van der Waals surface area contributed by atoms with Crippen molar-refractivity contribution in [1.29, 1.82) is 0 Å². The molecule has 3 aliphatic rings. The highest BCUT2D eigenvalue weighted by Crippen LogP contribution is 2.56. The molecule has 0 fully saturated rings. The highest BCUT2D eigenvalue weighted by molar-refractivity contribution is 6.21. The van der Waals surface area contributed by atoms with E-state index >= 15 is 0 Å². The van der Waals surface area contributed by atoms with Crippen molar-refractivity contribution in [3.63, 3.8) is 0 Å². The molecule has 0 spiro atoms. The second kappa shape index (κ2) is 4.47. The SMILES string of the molecule is CC1(C)OC2=C(C(=O)c3ccccc32)[C@@H]2c3cc4ccccc4n3C[C@H]21. The summed E-state index contributed by atoms with van der Waals surface area (Å²) in [5, 5.41) is 1.25. The van der Waals surface area contributed by atoms with Gasteiger partial charge in [0.2, 0.25) is 0 Å². The lowest BCUT2D eigenvalue weighted by Gasteiger charge is -2.41. The summed E-state index contributed by atoms with van der Waals surface area (Å²) in [5.74, 6) is 1.30. The van der Waals surface area contributed by atoms with Crippen LogP contribution in [-0.2, 0) is 11.3 Å². The normalized spacial score (nSPS) is 24.9. The maximum absolute atomic E-state index is 13.3. The van der Waals surface area contributed by atoms with Gasteiger partial charge < -0.3 is 9.30 Å². The molecule has 2 atom stereocenters. The van der Waals surface area contributed by atoms with Crippen LogP contribution in [0.5, 0.6) is 0 Å². The average molecular weight is 341 g/mol. The second-order valence-electron chi connectivity index (χ2n) is 8.15. The van der Waals surface area contributed by atoms with Crippen LogP contribution >= 0.6 is 0 Å². The predicted molar refractivity (Wildman–Crippen MR) is 101 cm³/mol. The van der Waals surface area contributed by atoms with E-state index in [2.05, 4.69) is 48.7 Å². The maximum atomic E-state index is 13.3. The van der Waals surface area contributed by atoms with E-state index in [9.17, 15) is 4.79 Å². The summed E-state index contributed by atoms with van der Waals surface area (Å²) < 4.78 is 8.86. The lowest BCUT2D eigenvalue weighted by atomic mass is 9.74. The Morgan fingerprint density at radius 1 is 1.04 bits per heavy atom. The van der Waals surface area contributed by atoms with Gasteiger partial charge in [0.1, 0.15) is 11.4 Å². The summed E-state index contributed by atoms with van der Waals surface area (Å²) >= 11 is 0. The van der Waals surface area contributed by atoms with Gasteiger partial charge in [-0.3, -0.25) is 4.79 Å². The van der Waals surface area contributed by atoms with Gasteiger partial charge in [-0.15, -0.1) is 0 Å². The third kappa shape index (κ3) is 1.57. The third-order valence-electron chi connectivity index (χ3n) is 6.42. The highest BCUT2D eigenvalue weighted by Gasteiger charge is 2.54. The van der Waals surface area contributed by atoms with Crippen LogP contribution in [0.2, 0.25) is 0 Å². The minimum atomic E-state index is -0.318. The van der Waals surface area contributed by atoms with E-state index in [1.165, 1.54) is 16.6 Å². The first-order valence-corrected chi connectivity index (χ1v) is 9.22. The van der Waals surface area contributed by atoms with Crippen molar-refractivity contribution in [2.75, 3.05) is 0 Å². The predicted octanol–water partition coefficient (Wildman–Crippen LogP) is 4.77. The van der Waals surface area contributed by atoms with Crippen molar-refractivity contribution >= 4 is 22.4 Å². The Morgan fingerprint density at radius 2 is 1.77 bits per heavy atom.